The standard InChI is InChI=1S/C18H17N/c1-12-7-10-16(17(19)11-12)18-13(2)8-9-14-5-3-4-6-15(14)18/h3-11H,19H2,1-2H3. The van der Waals surface area contributed by atoms with Crippen LogP contribution in [0.5, 0.6) is 0 Å². The third-order valence-electron chi connectivity index (χ3n) is 3.61. The summed E-state index contributed by atoms with van der Waals surface area (Å²) in [6.45, 7) is 4.21. The zero-order chi connectivity index (χ0) is 13.4. The van der Waals surface area contributed by atoms with Crippen LogP contribution in [0.15, 0.2) is 54.6 Å². The van der Waals surface area contributed by atoms with E-state index in [1.807, 2.05) is 6.07 Å². The van der Waals surface area contributed by atoms with Gasteiger partial charge < -0.3 is 5.73 Å². The van der Waals surface area contributed by atoms with Crippen LogP contribution < -0.4 is 5.73 Å². The second kappa shape index (κ2) is 4.43. The fourth-order valence-electron chi connectivity index (χ4n) is 2.65. The number of fused-ring (bicyclic) bond motifs is 1. The topological polar surface area (TPSA) is 26.0 Å². The minimum absolute atomic E-state index is 0.847. The Kier molecular flexibility index (Phi) is 2.75. The fraction of sp³-hybridized carbons (Fsp3) is 0.111. The monoisotopic (exact) mass is 247 g/mol. The van der Waals surface area contributed by atoms with Gasteiger partial charge in [0.1, 0.15) is 0 Å². The molecule has 1 nitrogen and oxygen atoms in total. The van der Waals surface area contributed by atoms with Gasteiger partial charge >= 0.3 is 0 Å². The van der Waals surface area contributed by atoms with Crippen LogP contribution in [0.4, 0.5) is 5.69 Å². The number of nitrogens with two attached hydrogens (primary N) is 1. The number of nitrogen functional groups attached to an aromatic ring is 1. The molecular weight excluding hydrogens is 230 g/mol. The lowest BCUT2D eigenvalue weighted by Gasteiger charge is -2.13. The Morgan fingerprint density at radius 3 is 2.42 bits per heavy atom. The highest BCUT2D eigenvalue weighted by Crippen LogP contribution is 2.35. The summed E-state index contributed by atoms with van der Waals surface area (Å²) in [4.78, 5) is 0. The van der Waals surface area contributed by atoms with Gasteiger partial charge in [-0.1, -0.05) is 48.5 Å². The van der Waals surface area contributed by atoms with E-state index in [4.69, 9.17) is 5.73 Å². The predicted octanol–water partition coefficient (Wildman–Crippen LogP) is 4.71. The molecule has 3 aromatic rings. The highest BCUT2D eigenvalue weighted by atomic mass is 14.6. The quantitative estimate of drug-likeness (QED) is 0.619. The molecule has 1 heteroatoms. The minimum atomic E-state index is 0.847. The van der Waals surface area contributed by atoms with E-state index in [9.17, 15) is 0 Å². The first-order chi connectivity index (χ1) is 9.16. The molecule has 0 aliphatic carbocycles. The van der Waals surface area contributed by atoms with Crippen molar-refractivity contribution in [3.05, 3.63) is 65.7 Å². The maximum Gasteiger partial charge on any atom is 0.0396 e. The molecule has 0 atom stereocenters. The summed E-state index contributed by atoms with van der Waals surface area (Å²) in [5, 5.41) is 2.51. The van der Waals surface area contributed by atoms with Gasteiger partial charge in [0.2, 0.25) is 0 Å². The van der Waals surface area contributed by atoms with E-state index in [1.54, 1.807) is 0 Å². The average molecular weight is 247 g/mol. The zero-order valence-electron chi connectivity index (χ0n) is 11.3. The van der Waals surface area contributed by atoms with Crippen LogP contribution in [0.2, 0.25) is 0 Å². The highest BCUT2D eigenvalue weighted by Gasteiger charge is 2.09. The van der Waals surface area contributed by atoms with Crippen molar-refractivity contribution in [2.75, 3.05) is 5.73 Å². The molecule has 2 N–H and O–H groups in total. The molecule has 0 saturated carbocycles. The number of aryl methyl sites for hydroxylation is 2. The molecule has 19 heavy (non-hydrogen) atoms. The van der Waals surface area contributed by atoms with Crippen LogP contribution in [-0.4, -0.2) is 0 Å². The SMILES string of the molecule is Cc1ccc(-c2c(C)ccc3ccccc23)c(N)c1. The predicted molar refractivity (Wildman–Crippen MR) is 83.3 cm³/mol. The average Bonchev–Trinajstić information content (AvgIpc) is 2.40. The highest BCUT2D eigenvalue weighted by molar-refractivity contribution is 6.00. The van der Waals surface area contributed by atoms with E-state index in [-0.39, 0.29) is 0 Å². The van der Waals surface area contributed by atoms with Crippen LogP contribution in [0.3, 0.4) is 0 Å². The molecule has 0 fully saturated rings. The Morgan fingerprint density at radius 1 is 0.842 bits per heavy atom. The second-order valence-corrected chi connectivity index (χ2v) is 5.07. The van der Waals surface area contributed by atoms with Crippen molar-refractivity contribution in [2.24, 2.45) is 0 Å². The van der Waals surface area contributed by atoms with Crippen LogP contribution in [0.25, 0.3) is 21.9 Å². The van der Waals surface area contributed by atoms with Crippen molar-refractivity contribution in [3.8, 4) is 11.1 Å². The lowest BCUT2D eigenvalue weighted by Crippen LogP contribution is -1.93. The number of anilines is 1. The van der Waals surface area contributed by atoms with Gasteiger partial charge in [0, 0.05) is 11.3 Å². The fourth-order valence-corrected chi connectivity index (χ4v) is 2.65. The smallest absolute Gasteiger partial charge is 0.0396 e. The van der Waals surface area contributed by atoms with E-state index in [0.29, 0.717) is 0 Å². The van der Waals surface area contributed by atoms with Gasteiger partial charge in [-0.25, -0.2) is 0 Å². The molecule has 0 aliphatic heterocycles. The third kappa shape index (κ3) is 1.97. The Labute approximate surface area is 113 Å². The van der Waals surface area contributed by atoms with Crippen LogP contribution in [-0.2, 0) is 0 Å². The first kappa shape index (κ1) is 11.8. The lowest BCUT2D eigenvalue weighted by molar-refractivity contribution is 1.45. The Morgan fingerprint density at radius 2 is 1.63 bits per heavy atom. The summed E-state index contributed by atoms with van der Waals surface area (Å²) in [6.07, 6.45) is 0. The summed E-state index contributed by atoms with van der Waals surface area (Å²) in [6, 6.07) is 19.1. The lowest BCUT2D eigenvalue weighted by atomic mass is 9.92. The largest absolute Gasteiger partial charge is 0.398 e. The van der Waals surface area contributed by atoms with Crippen molar-refractivity contribution in [1.82, 2.24) is 0 Å². The van der Waals surface area contributed by atoms with Crippen molar-refractivity contribution < 1.29 is 0 Å². The number of benzene rings is 3. The van der Waals surface area contributed by atoms with Gasteiger partial charge in [-0.05, 0) is 47.4 Å². The summed E-state index contributed by atoms with van der Waals surface area (Å²) < 4.78 is 0. The van der Waals surface area contributed by atoms with Gasteiger partial charge in [-0.3, -0.25) is 0 Å². The summed E-state index contributed by atoms with van der Waals surface area (Å²) in [5.41, 5.74) is 11.9. The molecular formula is C18H17N. The molecule has 0 aliphatic rings. The second-order valence-electron chi connectivity index (χ2n) is 5.07. The molecule has 0 spiro atoms. The normalized spacial score (nSPS) is 10.8. The molecule has 0 saturated heterocycles. The Balaban J connectivity index is 2.38. The van der Waals surface area contributed by atoms with Gasteiger partial charge in [0.15, 0.2) is 0 Å². The summed E-state index contributed by atoms with van der Waals surface area (Å²) >= 11 is 0. The van der Waals surface area contributed by atoms with Gasteiger partial charge in [-0.2, -0.15) is 0 Å². The molecule has 94 valence electrons. The molecule has 0 aromatic heterocycles. The molecule has 0 amide bonds. The molecule has 0 unspecified atom stereocenters. The van der Waals surface area contributed by atoms with Crippen LogP contribution >= 0.6 is 0 Å². The van der Waals surface area contributed by atoms with E-state index in [0.717, 1.165) is 11.3 Å². The number of hydrogen-bond acceptors (Lipinski definition) is 1. The zero-order valence-corrected chi connectivity index (χ0v) is 11.3. The molecule has 0 radical (unpaired) electrons. The summed E-state index contributed by atoms with van der Waals surface area (Å²) in [7, 11) is 0. The van der Waals surface area contributed by atoms with Crippen molar-refractivity contribution in [1.29, 1.82) is 0 Å². The van der Waals surface area contributed by atoms with E-state index >= 15 is 0 Å². The van der Waals surface area contributed by atoms with Crippen LogP contribution in [0, 0.1) is 13.8 Å². The Hall–Kier alpha value is -2.28. The Bertz CT molecular complexity index is 757. The molecule has 3 rings (SSSR count). The van der Waals surface area contributed by atoms with E-state index in [1.165, 1.54) is 27.5 Å². The maximum absolute atomic E-state index is 6.21. The maximum atomic E-state index is 6.21. The number of hydrogen-bond donors (Lipinski definition) is 1. The van der Waals surface area contributed by atoms with Crippen molar-refractivity contribution >= 4 is 16.5 Å². The first-order valence-electron chi connectivity index (χ1n) is 6.51. The number of rotatable bonds is 1. The third-order valence-corrected chi connectivity index (χ3v) is 3.61. The van der Waals surface area contributed by atoms with Crippen LogP contribution in [0.1, 0.15) is 11.1 Å². The van der Waals surface area contributed by atoms with Gasteiger partial charge in [0.05, 0.1) is 0 Å². The minimum Gasteiger partial charge on any atom is -0.398 e. The summed E-state index contributed by atoms with van der Waals surface area (Å²) in [5.74, 6) is 0. The van der Waals surface area contributed by atoms with Crippen molar-refractivity contribution in [3.63, 3.8) is 0 Å². The van der Waals surface area contributed by atoms with Crippen molar-refractivity contribution in [2.45, 2.75) is 13.8 Å². The van der Waals surface area contributed by atoms with Gasteiger partial charge in [0.25, 0.3) is 0 Å². The van der Waals surface area contributed by atoms with Gasteiger partial charge in [-0.15, -0.1) is 0 Å². The van der Waals surface area contributed by atoms with E-state index in [2.05, 4.69) is 62.4 Å². The molecule has 3 aromatic carbocycles. The first-order valence-corrected chi connectivity index (χ1v) is 6.51. The molecule has 0 bridgehead atoms. The molecule has 0 heterocycles. The van der Waals surface area contributed by atoms with E-state index < -0.39 is 0 Å².